The van der Waals surface area contributed by atoms with Crippen molar-refractivity contribution in [1.82, 2.24) is 9.97 Å². The summed E-state index contributed by atoms with van der Waals surface area (Å²) in [6.45, 7) is 5.28. The number of aryl methyl sites for hydroxylation is 3. The maximum atomic E-state index is 13.2. The number of anilines is 2. The highest BCUT2D eigenvalue weighted by Gasteiger charge is 2.24. The van der Waals surface area contributed by atoms with Crippen LogP contribution < -0.4 is 10.2 Å². The highest BCUT2D eigenvalue weighted by molar-refractivity contribution is 6.05. The van der Waals surface area contributed by atoms with Crippen LogP contribution in [0, 0.1) is 13.8 Å². The zero-order valence-corrected chi connectivity index (χ0v) is 16.3. The summed E-state index contributed by atoms with van der Waals surface area (Å²) in [5.74, 6) is 1.18. The normalized spacial score (nSPS) is 13.1. The maximum absolute atomic E-state index is 13.2. The number of benzene rings is 2. The van der Waals surface area contributed by atoms with Crippen LogP contribution in [-0.4, -0.2) is 22.4 Å². The number of nitrogens with zero attached hydrogens (tertiary/aromatic N) is 3. The van der Waals surface area contributed by atoms with Crippen molar-refractivity contribution in [3.05, 3.63) is 82.8 Å². The number of fused-ring (bicyclic) bond motifs is 1. The van der Waals surface area contributed by atoms with E-state index in [0.29, 0.717) is 30.4 Å². The molecule has 5 heteroatoms. The number of carbonyl (C=O) groups excluding carboxylic acids is 1. The number of aromatic nitrogens is 2. The van der Waals surface area contributed by atoms with E-state index in [0.717, 1.165) is 18.5 Å². The van der Waals surface area contributed by atoms with Crippen LogP contribution in [0.5, 0.6) is 0 Å². The lowest BCUT2D eigenvalue weighted by Crippen LogP contribution is -2.36. The molecule has 1 amide bonds. The van der Waals surface area contributed by atoms with Crippen molar-refractivity contribution in [2.24, 2.45) is 0 Å². The Morgan fingerprint density at radius 2 is 1.86 bits per heavy atom. The molecule has 0 atom stereocenters. The minimum Gasteiger partial charge on any atom is -0.366 e. The molecule has 1 N–H and O–H groups in total. The molecule has 1 aliphatic rings. The van der Waals surface area contributed by atoms with Crippen LogP contribution in [0.1, 0.15) is 39.4 Å². The summed E-state index contributed by atoms with van der Waals surface area (Å²) in [6.07, 6.45) is 1.97. The summed E-state index contributed by atoms with van der Waals surface area (Å²) in [7, 11) is 0. The first-order valence-electron chi connectivity index (χ1n) is 9.65. The summed E-state index contributed by atoms with van der Waals surface area (Å²) in [5.41, 5.74) is 5.06. The van der Waals surface area contributed by atoms with Crippen LogP contribution in [0.2, 0.25) is 0 Å². The van der Waals surface area contributed by atoms with E-state index >= 15 is 0 Å². The maximum Gasteiger partial charge on any atom is 0.277 e. The van der Waals surface area contributed by atoms with Gasteiger partial charge in [0.05, 0.1) is 0 Å². The predicted molar refractivity (Wildman–Crippen MR) is 112 cm³/mol. The Morgan fingerprint density at radius 1 is 1.07 bits per heavy atom. The average molecular weight is 372 g/mol. The van der Waals surface area contributed by atoms with Gasteiger partial charge in [0, 0.05) is 24.8 Å². The van der Waals surface area contributed by atoms with Gasteiger partial charge < -0.3 is 10.2 Å². The highest BCUT2D eigenvalue weighted by atomic mass is 16.2. The van der Waals surface area contributed by atoms with Crippen LogP contribution >= 0.6 is 0 Å². The molecule has 142 valence electrons. The van der Waals surface area contributed by atoms with Crippen LogP contribution in [0.3, 0.4) is 0 Å². The second-order valence-corrected chi connectivity index (χ2v) is 7.15. The molecule has 0 saturated carbocycles. The minimum atomic E-state index is -0.0726. The van der Waals surface area contributed by atoms with Gasteiger partial charge in [0.25, 0.3) is 5.91 Å². The molecule has 2 heterocycles. The molecule has 0 fully saturated rings. The van der Waals surface area contributed by atoms with Crippen LogP contribution in [-0.2, 0) is 13.0 Å². The van der Waals surface area contributed by atoms with Crippen LogP contribution in [0.25, 0.3) is 0 Å². The molecular weight excluding hydrogens is 348 g/mol. The molecule has 2 aromatic carbocycles. The van der Waals surface area contributed by atoms with Gasteiger partial charge in [-0.05, 0) is 49.4 Å². The van der Waals surface area contributed by atoms with Crippen molar-refractivity contribution in [1.29, 1.82) is 0 Å². The second-order valence-electron chi connectivity index (χ2n) is 7.15. The number of carbonyl (C=O) groups is 1. The Balaban J connectivity index is 1.57. The first-order valence-corrected chi connectivity index (χ1v) is 9.65. The molecule has 0 saturated heterocycles. The third kappa shape index (κ3) is 3.74. The Labute approximate surface area is 165 Å². The van der Waals surface area contributed by atoms with Crippen LogP contribution in [0.15, 0.2) is 54.6 Å². The number of para-hydroxylation sites is 1. The minimum absolute atomic E-state index is 0.0726. The fourth-order valence-corrected chi connectivity index (χ4v) is 3.64. The molecule has 1 aromatic heterocycles. The van der Waals surface area contributed by atoms with E-state index in [1.165, 1.54) is 16.7 Å². The lowest BCUT2D eigenvalue weighted by atomic mass is 10.0. The molecule has 4 rings (SSSR count). The van der Waals surface area contributed by atoms with Gasteiger partial charge in [-0.3, -0.25) is 4.79 Å². The van der Waals surface area contributed by atoms with Gasteiger partial charge in [0.2, 0.25) is 0 Å². The monoisotopic (exact) mass is 372 g/mol. The molecule has 0 spiro atoms. The van der Waals surface area contributed by atoms with Gasteiger partial charge in [0.1, 0.15) is 17.3 Å². The van der Waals surface area contributed by atoms with E-state index in [9.17, 15) is 4.79 Å². The van der Waals surface area contributed by atoms with Crippen molar-refractivity contribution in [2.75, 3.05) is 16.8 Å². The molecule has 28 heavy (non-hydrogen) atoms. The van der Waals surface area contributed by atoms with E-state index in [1.54, 1.807) is 6.07 Å². The first kappa shape index (κ1) is 18.2. The Bertz CT molecular complexity index is 1010. The van der Waals surface area contributed by atoms with Crippen molar-refractivity contribution in [3.63, 3.8) is 0 Å². The Kier molecular flexibility index (Phi) is 5.06. The van der Waals surface area contributed by atoms with E-state index in [2.05, 4.69) is 40.4 Å². The fraction of sp³-hybridized carbons (Fsp3) is 0.261. The number of rotatable bonds is 4. The number of hydrogen-bond donors (Lipinski definition) is 1. The van der Waals surface area contributed by atoms with E-state index in [1.807, 2.05) is 42.2 Å². The smallest absolute Gasteiger partial charge is 0.277 e. The lowest BCUT2D eigenvalue weighted by Gasteiger charge is -2.29. The van der Waals surface area contributed by atoms with Gasteiger partial charge in [-0.15, -0.1) is 0 Å². The summed E-state index contributed by atoms with van der Waals surface area (Å²) in [4.78, 5) is 23.9. The SMILES string of the molecule is Cc1nc(NCc2ccccc2C)cc(C(=O)N2CCCc3ccccc32)n1. The van der Waals surface area contributed by atoms with Crippen molar-refractivity contribution in [3.8, 4) is 0 Å². The number of amides is 1. The molecule has 0 aliphatic carbocycles. The van der Waals surface area contributed by atoms with Crippen molar-refractivity contribution >= 4 is 17.4 Å². The lowest BCUT2D eigenvalue weighted by molar-refractivity contribution is 0.0980. The predicted octanol–water partition coefficient (Wildman–Crippen LogP) is 4.30. The zero-order valence-electron chi connectivity index (χ0n) is 16.3. The summed E-state index contributed by atoms with van der Waals surface area (Å²) >= 11 is 0. The van der Waals surface area contributed by atoms with E-state index in [-0.39, 0.29) is 5.91 Å². The zero-order chi connectivity index (χ0) is 19.5. The van der Waals surface area contributed by atoms with Gasteiger partial charge in [0.15, 0.2) is 0 Å². The third-order valence-corrected chi connectivity index (χ3v) is 5.13. The second kappa shape index (κ2) is 7.80. The third-order valence-electron chi connectivity index (χ3n) is 5.13. The van der Waals surface area contributed by atoms with E-state index in [4.69, 9.17) is 0 Å². The van der Waals surface area contributed by atoms with Crippen molar-refractivity contribution < 1.29 is 4.79 Å². The fourth-order valence-electron chi connectivity index (χ4n) is 3.64. The quantitative estimate of drug-likeness (QED) is 0.742. The largest absolute Gasteiger partial charge is 0.366 e. The van der Waals surface area contributed by atoms with Crippen LogP contribution in [0.4, 0.5) is 11.5 Å². The van der Waals surface area contributed by atoms with Crippen molar-refractivity contribution in [2.45, 2.75) is 33.2 Å². The standard InChI is InChI=1S/C23H24N4O/c1-16-8-3-4-10-19(16)15-24-22-14-20(25-17(2)26-22)23(28)27-13-7-11-18-9-5-6-12-21(18)27/h3-6,8-10,12,14H,7,11,13,15H2,1-2H3,(H,24,25,26). The molecule has 0 bridgehead atoms. The van der Waals surface area contributed by atoms with E-state index < -0.39 is 0 Å². The molecule has 5 nitrogen and oxygen atoms in total. The van der Waals surface area contributed by atoms with Gasteiger partial charge >= 0.3 is 0 Å². The summed E-state index contributed by atoms with van der Waals surface area (Å²) in [6, 6.07) is 18.1. The number of nitrogens with one attached hydrogen (secondary N) is 1. The number of hydrogen-bond acceptors (Lipinski definition) is 4. The summed E-state index contributed by atoms with van der Waals surface area (Å²) in [5, 5.41) is 3.34. The average Bonchev–Trinajstić information content (AvgIpc) is 2.72. The van der Waals surface area contributed by atoms with Gasteiger partial charge in [-0.25, -0.2) is 9.97 Å². The molecular formula is C23H24N4O. The first-order chi connectivity index (χ1) is 13.6. The highest BCUT2D eigenvalue weighted by Crippen LogP contribution is 2.28. The van der Waals surface area contributed by atoms with Gasteiger partial charge in [-0.1, -0.05) is 42.5 Å². The molecule has 0 unspecified atom stereocenters. The molecule has 0 radical (unpaired) electrons. The Morgan fingerprint density at radius 3 is 2.71 bits per heavy atom. The Hall–Kier alpha value is -3.21. The molecule has 3 aromatic rings. The molecule has 1 aliphatic heterocycles. The van der Waals surface area contributed by atoms with Gasteiger partial charge in [-0.2, -0.15) is 0 Å². The topological polar surface area (TPSA) is 58.1 Å². The summed E-state index contributed by atoms with van der Waals surface area (Å²) < 4.78 is 0.